The Balaban J connectivity index is 2.37. The molecule has 1 unspecified atom stereocenters. The Morgan fingerprint density at radius 2 is 2.13 bits per heavy atom. The van der Waals surface area contributed by atoms with Crippen molar-refractivity contribution >= 4 is 11.7 Å². The van der Waals surface area contributed by atoms with E-state index in [1.54, 1.807) is 12.1 Å². The zero-order chi connectivity index (χ0) is 17.1. The molecule has 1 aliphatic rings. The summed E-state index contributed by atoms with van der Waals surface area (Å²) in [5, 5.41) is 10.3. The first-order valence-electron chi connectivity index (χ1n) is 7.78. The minimum Gasteiger partial charge on any atom is -0.503 e. The van der Waals surface area contributed by atoms with E-state index < -0.39 is 17.7 Å². The largest absolute Gasteiger partial charge is 0.503 e. The van der Waals surface area contributed by atoms with Crippen molar-refractivity contribution in [3.63, 3.8) is 0 Å². The first-order chi connectivity index (χ1) is 10.8. The summed E-state index contributed by atoms with van der Waals surface area (Å²) >= 11 is 0. The van der Waals surface area contributed by atoms with Gasteiger partial charge in [-0.25, -0.2) is 0 Å². The second-order valence-electron chi connectivity index (χ2n) is 6.50. The van der Waals surface area contributed by atoms with Gasteiger partial charge in [0.25, 0.3) is 5.91 Å². The molecule has 1 amide bonds. The zero-order valence-electron chi connectivity index (χ0n) is 14.1. The highest BCUT2D eigenvalue weighted by atomic mass is 16.3. The monoisotopic (exact) mass is 320 g/mol. The highest BCUT2D eigenvalue weighted by molar-refractivity contribution is 6.08. The highest BCUT2D eigenvalue weighted by Crippen LogP contribution is 2.38. The number of likely N-dealkylation sites (N-methyl/N-ethyl adjacent to an activating group) is 1. The van der Waals surface area contributed by atoms with Crippen molar-refractivity contribution in [3.05, 3.63) is 35.5 Å². The van der Waals surface area contributed by atoms with Gasteiger partial charge in [-0.15, -0.1) is 0 Å². The van der Waals surface area contributed by atoms with Crippen LogP contribution in [0.2, 0.25) is 0 Å². The van der Waals surface area contributed by atoms with Gasteiger partial charge in [-0.2, -0.15) is 0 Å². The van der Waals surface area contributed by atoms with Crippen molar-refractivity contribution in [3.8, 4) is 0 Å². The van der Waals surface area contributed by atoms with Gasteiger partial charge in [0.1, 0.15) is 11.8 Å². The maximum atomic E-state index is 12.6. The summed E-state index contributed by atoms with van der Waals surface area (Å²) in [6.07, 6.45) is 1.79. The van der Waals surface area contributed by atoms with Crippen molar-refractivity contribution < 1.29 is 19.1 Å². The van der Waals surface area contributed by atoms with Gasteiger partial charge >= 0.3 is 0 Å². The summed E-state index contributed by atoms with van der Waals surface area (Å²) in [6.45, 7) is 4.89. The number of aliphatic hydroxyl groups is 1. The third-order valence-electron chi connectivity index (χ3n) is 3.80. The van der Waals surface area contributed by atoms with Crippen LogP contribution >= 0.6 is 0 Å². The molecule has 0 radical (unpaired) electrons. The molecule has 2 rings (SSSR count). The van der Waals surface area contributed by atoms with E-state index >= 15 is 0 Å². The van der Waals surface area contributed by atoms with Gasteiger partial charge in [-0.3, -0.25) is 9.59 Å². The normalized spacial score (nSPS) is 18.6. The fourth-order valence-electron chi connectivity index (χ4n) is 2.70. The Bertz CT molecular complexity index is 602. The summed E-state index contributed by atoms with van der Waals surface area (Å²) in [5.74, 6) is -0.532. The first kappa shape index (κ1) is 17.3. The predicted octanol–water partition coefficient (Wildman–Crippen LogP) is 2.15. The maximum absolute atomic E-state index is 12.6. The molecule has 0 aromatic carbocycles. The predicted molar refractivity (Wildman–Crippen MR) is 85.8 cm³/mol. The van der Waals surface area contributed by atoms with Gasteiger partial charge in [0.2, 0.25) is 0 Å². The Hall–Kier alpha value is -2.08. The number of hydrogen-bond acceptors (Lipinski definition) is 5. The van der Waals surface area contributed by atoms with Gasteiger partial charge in [0.15, 0.2) is 11.5 Å². The van der Waals surface area contributed by atoms with Gasteiger partial charge in [-0.1, -0.05) is 13.8 Å². The third kappa shape index (κ3) is 3.64. The van der Waals surface area contributed by atoms with E-state index in [0.29, 0.717) is 18.8 Å². The standard InChI is InChI=1S/C17H24N2O4/c1-11(2)10-12(20)14-15(13-6-5-9-23-13)19(8-7-18(3)4)17(22)16(14)21/h5-6,9,11,15,21H,7-8,10H2,1-4H3. The summed E-state index contributed by atoms with van der Waals surface area (Å²) in [6, 6.07) is 2.79. The number of nitrogens with zero attached hydrogens (tertiary/aromatic N) is 2. The van der Waals surface area contributed by atoms with Crippen molar-refractivity contribution in [1.82, 2.24) is 9.80 Å². The summed E-state index contributed by atoms with van der Waals surface area (Å²) < 4.78 is 5.43. The number of Topliss-reactive ketones (excluding diaryl/α,β-unsaturated/α-hetero) is 1. The lowest BCUT2D eigenvalue weighted by Crippen LogP contribution is -2.36. The summed E-state index contributed by atoms with van der Waals surface area (Å²) in [7, 11) is 3.81. The molecule has 0 saturated carbocycles. The van der Waals surface area contributed by atoms with Crippen LogP contribution in [0, 0.1) is 5.92 Å². The van der Waals surface area contributed by atoms with E-state index in [4.69, 9.17) is 4.42 Å². The molecule has 1 aromatic heterocycles. The number of carbonyl (C=O) groups is 2. The molecule has 6 nitrogen and oxygen atoms in total. The molecule has 2 heterocycles. The van der Waals surface area contributed by atoms with Gasteiger partial charge in [0, 0.05) is 19.5 Å². The number of furan rings is 1. The molecule has 1 atom stereocenters. The van der Waals surface area contributed by atoms with Crippen molar-refractivity contribution in [2.45, 2.75) is 26.3 Å². The Morgan fingerprint density at radius 3 is 2.65 bits per heavy atom. The minimum absolute atomic E-state index is 0.144. The van der Waals surface area contributed by atoms with Crippen LogP contribution in [0.1, 0.15) is 32.1 Å². The van der Waals surface area contributed by atoms with Crippen molar-refractivity contribution in [2.24, 2.45) is 5.92 Å². The van der Waals surface area contributed by atoms with Crippen LogP contribution in [-0.4, -0.2) is 53.8 Å². The fraction of sp³-hybridized carbons (Fsp3) is 0.529. The second-order valence-corrected chi connectivity index (χ2v) is 6.50. The highest BCUT2D eigenvalue weighted by Gasteiger charge is 2.44. The second kappa shape index (κ2) is 7.00. The van der Waals surface area contributed by atoms with E-state index in [1.807, 2.05) is 32.8 Å². The molecular formula is C17H24N2O4. The molecule has 0 bridgehead atoms. The average Bonchev–Trinajstić information content (AvgIpc) is 3.04. The molecule has 0 aliphatic carbocycles. The maximum Gasteiger partial charge on any atom is 0.290 e. The molecule has 1 N–H and O–H groups in total. The molecule has 6 heteroatoms. The van der Waals surface area contributed by atoms with Gasteiger partial charge < -0.3 is 19.3 Å². The number of aliphatic hydroxyl groups excluding tert-OH is 1. The van der Waals surface area contributed by atoms with Crippen molar-refractivity contribution in [1.29, 1.82) is 0 Å². The lowest BCUT2D eigenvalue weighted by atomic mass is 9.95. The Kier molecular flexibility index (Phi) is 5.26. The molecule has 126 valence electrons. The first-order valence-corrected chi connectivity index (χ1v) is 7.78. The smallest absolute Gasteiger partial charge is 0.290 e. The van der Waals surface area contributed by atoms with Crippen LogP contribution in [0.25, 0.3) is 0 Å². The topological polar surface area (TPSA) is 74.0 Å². The quantitative estimate of drug-likeness (QED) is 0.833. The molecule has 0 fully saturated rings. The molecule has 1 aliphatic heterocycles. The van der Waals surface area contributed by atoms with E-state index in [2.05, 4.69) is 0 Å². The van der Waals surface area contributed by atoms with E-state index in [1.165, 1.54) is 11.2 Å². The van der Waals surface area contributed by atoms with Crippen LogP contribution in [0.4, 0.5) is 0 Å². The molecule has 0 spiro atoms. The number of carbonyl (C=O) groups excluding carboxylic acids is 2. The van der Waals surface area contributed by atoms with Crippen LogP contribution in [0.5, 0.6) is 0 Å². The summed E-state index contributed by atoms with van der Waals surface area (Å²) in [4.78, 5) is 28.4. The lowest BCUT2D eigenvalue weighted by Gasteiger charge is -2.26. The van der Waals surface area contributed by atoms with Crippen LogP contribution in [-0.2, 0) is 9.59 Å². The summed E-state index contributed by atoms with van der Waals surface area (Å²) in [5.41, 5.74) is 0.150. The zero-order valence-corrected chi connectivity index (χ0v) is 14.1. The van der Waals surface area contributed by atoms with Crippen LogP contribution in [0.15, 0.2) is 34.1 Å². The average molecular weight is 320 g/mol. The van der Waals surface area contributed by atoms with E-state index in [9.17, 15) is 14.7 Å². The molecule has 0 saturated heterocycles. The lowest BCUT2D eigenvalue weighted by molar-refractivity contribution is -0.129. The molecule has 1 aromatic rings. The number of rotatable bonds is 7. The van der Waals surface area contributed by atoms with Gasteiger partial charge in [0.05, 0.1) is 11.8 Å². The van der Waals surface area contributed by atoms with Crippen molar-refractivity contribution in [2.75, 3.05) is 27.2 Å². The Morgan fingerprint density at radius 1 is 1.43 bits per heavy atom. The minimum atomic E-state index is -0.649. The van der Waals surface area contributed by atoms with Crippen LogP contribution < -0.4 is 0 Å². The van der Waals surface area contributed by atoms with E-state index in [0.717, 1.165) is 0 Å². The molecule has 23 heavy (non-hydrogen) atoms. The number of hydrogen-bond donors (Lipinski definition) is 1. The van der Waals surface area contributed by atoms with Gasteiger partial charge in [-0.05, 0) is 32.1 Å². The SMILES string of the molecule is CC(C)CC(=O)C1=C(O)C(=O)N(CCN(C)C)C1c1ccco1. The van der Waals surface area contributed by atoms with E-state index in [-0.39, 0.29) is 23.7 Å². The third-order valence-corrected chi connectivity index (χ3v) is 3.80. The number of amides is 1. The number of ketones is 1. The molecular weight excluding hydrogens is 296 g/mol. The van der Waals surface area contributed by atoms with Crippen LogP contribution in [0.3, 0.4) is 0 Å². The fourth-order valence-corrected chi connectivity index (χ4v) is 2.70. The Labute approximate surface area is 136 Å².